The van der Waals surface area contributed by atoms with Crippen molar-refractivity contribution in [2.45, 2.75) is 16.4 Å². The van der Waals surface area contributed by atoms with E-state index in [0.29, 0.717) is 0 Å². The van der Waals surface area contributed by atoms with E-state index in [1.54, 1.807) is 0 Å². The van der Waals surface area contributed by atoms with Crippen LogP contribution in [0.5, 0.6) is 5.75 Å². The SMILES string of the molecule is C=CCS(=O)(=O)c1c(OC(F)F)cccc1C(=O)Nc1ccccc1S(N)(=O)=O. The van der Waals surface area contributed by atoms with E-state index >= 15 is 0 Å². The molecule has 2 rings (SSSR count). The molecule has 1 amide bonds. The van der Waals surface area contributed by atoms with Crippen LogP contribution in [0.3, 0.4) is 0 Å². The highest BCUT2D eigenvalue weighted by atomic mass is 32.2. The molecule has 29 heavy (non-hydrogen) atoms. The molecule has 156 valence electrons. The van der Waals surface area contributed by atoms with Gasteiger partial charge in [-0.25, -0.2) is 22.0 Å². The number of amides is 1. The second-order valence-corrected chi connectivity index (χ2v) is 9.08. The number of hydrogen-bond donors (Lipinski definition) is 2. The van der Waals surface area contributed by atoms with Crippen LogP contribution in [-0.2, 0) is 19.9 Å². The minimum atomic E-state index is -4.27. The molecule has 3 N–H and O–H groups in total. The fraction of sp³-hybridized carbons (Fsp3) is 0.118. The monoisotopic (exact) mass is 446 g/mol. The molecular formula is C17H16F2N2O6S2. The molecule has 8 nitrogen and oxygen atoms in total. The van der Waals surface area contributed by atoms with Crippen molar-refractivity contribution < 1.29 is 35.1 Å². The van der Waals surface area contributed by atoms with E-state index < -0.39 is 59.2 Å². The van der Waals surface area contributed by atoms with Gasteiger partial charge in [-0.05, 0) is 24.3 Å². The highest BCUT2D eigenvalue weighted by Gasteiger charge is 2.28. The molecule has 0 aliphatic rings. The first-order chi connectivity index (χ1) is 13.5. The third kappa shape index (κ3) is 5.37. The first-order valence-electron chi connectivity index (χ1n) is 7.82. The van der Waals surface area contributed by atoms with E-state index in [-0.39, 0.29) is 5.69 Å². The van der Waals surface area contributed by atoms with Crippen LogP contribution >= 0.6 is 0 Å². The summed E-state index contributed by atoms with van der Waals surface area (Å²) in [5.74, 6) is -2.44. The first kappa shape index (κ1) is 22.5. The van der Waals surface area contributed by atoms with Crippen LogP contribution in [-0.4, -0.2) is 35.1 Å². The summed E-state index contributed by atoms with van der Waals surface area (Å²) in [7, 11) is -8.48. The maximum absolute atomic E-state index is 12.7. The third-order valence-electron chi connectivity index (χ3n) is 3.53. The number of sulfonamides is 1. The van der Waals surface area contributed by atoms with Crippen molar-refractivity contribution >= 4 is 31.5 Å². The molecule has 2 aromatic rings. The van der Waals surface area contributed by atoms with Crippen LogP contribution < -0.4 is 15.2 Å². The summed E-state index contributed by atoms with van der Waals surface area (Å²) >= 11 is 0. The van der Waals surface area contributed by atoms with Crippen LogP contribution in [0.2, 0.25) is 0 Å². The Bertz CT molecular complexity index is 1150. The second-order valence-electron chi connectivity index (χ2n) is 5.58. The van der Waals surface area contributed by atoms with Gasteiger partial charge in [0, 0.05) is 0 Å². The number of sulfone groups is 1. The second kappa shape index (κ2) is 8.68. The maximum atomic E-state index is 12.7. The Labute approximate surface area is 166 Å². The van der Waals surface area contributed by atoms with Gasteiger partial charge in [-0.1, -0.05) is 24.3 Å². The van der Waals surface area contributed by atoms with E-state index in [1.165, 1.54) is 18.2 Å². The lowest BCUT2D eigenvalue weighted by Gasteiger charge is -2.15. The topological polar surface area (TPSA) is 133 Å². The lowest BCUT2D eigenvalue weighted by molar-refractivity contribution is -0.0518. The van der Waals surface area contributed by atoms with Gasteiger partial charge in [-0.15, -0.1) is 6.58 Å². The van der Waals surface area contributed by atoms with Gasteiger partial charge in [-0.3, -0.25) is 4.79 Å². The van der Waals surface area contributed by atoms with Gasteiger partial charge in [0.2, 0.25) is 10.0 Å². The minimum Gasteiger partial charge on any atom is -0.433 e. The van der Waals surface area contributed by atoms with Crippen molar-refractivity contribution in [3.05, 3.63) is 60.7 Å². The maximum Gasteiger partial charge on any atom is 0.387 e. The number of nitrogens with one attached hydrogen (secondary N) is 1. The molecular weight excluding hydrogens is 430 g/mol. The van der Waals surface area contributed by atoms with Crippen LogP contribution in [0.4, 0.5) is 14.5 Å². The number of carbonyl (C=O) groups excluding carboxylic acids is 1. The zero-order valence-electron chi connectivity index (χ0n) is 14.7. The summed E-state index contributed by atoms with van der Waals surface area (Å²) in [6.45, 7) is -0.0452. The molecule has 0 bridgehead atoms. The molecule has 0 spiro atoms. The Morgan fingerprint density at radius 2 is 1.79 bits per heavy atom. The molecule has 0 saturated carbocycles. The largest absolute Gasteiger partial charge is 0.433 e. The van der Waals surface area contributed by atoms with Crippen molar-refractivity contribution in [1.29, 1.82) is 0 Å². The van der Waals surface area contributed by atoms with Gasteiger partial charge in [0.05, 0.1) is 17.0 Å². The Balaban J connectivity index is 2.61. The highest BCUT2D eigenvalue weighted by molar-refractivity contribution is 7.91. The average Bonchev–Trinajstić information content (AvgIpc) is 2.60. The van der Waals surface area contributed by atoms with Crippen LogP contribution in [0.1, 0.15) is 10.4 Å². The number of nitrogens with two attached hydrogens (primary N) is 1. The number of alkyl halides is 2. The van der Waals surface area contributed by atoms with Crippen molar-refractivity contribution in [2.75, 3.05) is 11.1 Å². The number of benzene rings is 2. The Morgan fingerprint density at radius 1 is 1.14 bits per heavy atom. The number of para-hydroxylation sites is 1. The molecule has 2 aromatic carbocycles. The lowest BCUT2D eigenvalue weighted by Crippen LogP contribution is -2.21. The Morgan fingerprint density at radius 3 is 2.38 bits per heavy atom. The summed E-state index contributed by atoms with van der Waals surface area (Å²) in [5.41, 5.74) is -0.735. The van der Waals surface area contributed by atoms with Gasteiger partial charge in [-0.2, -0.15) is 8.78 Å². The number of halogens is 2. The molecule has 0 saturated heterocycles. The van der Waals surface area contributed by atoms with Crippen molar-refractivity contribution in [2.24, 2.45) is 5.14 Å². The molecule has 0 radical (unpaired) electrons. The summed E-state index contributed by atoms with van der Waals surface area (Å²) in [6, 6.07) is 8.33. The number of rotatable bonds is 8. The fourth-order valence-electron chi connectivity index (χ4n) is 2.45. The number of primary sulfonamides is 1. The van der Waals surface area contributed by atoms with Crippen molar-refractivity contribution in [3.63, 3.8) is 0 Å². The third-order valence-corrected chi connectivity index (χ3v) is 6.22. The number of hydrogen-bond acceptors (Lipinski definition) is 6. The van der Waals surface area contributed by atoms with E-state index in [4.69, 9.17) is 5.14 Å². The van der Waals surface area contributed by atoms with Gasteiger partial charge in [0.15, 0.2) is 9.84 Å². The quantitative estimate of drug-likeness (QED) is 0.597. The van der Waals surface area contributed by atoms with Crippen LogP contribution in [0.15, 0.2) is 64.9 Å². The van der Waals surface area contributed by atoms with Gasteiger partial charge >= 0.3 is 6.61 Å². The highest BCUT2D eigenvalue weighted by Crippen LogP contribution is 2.31. The molecule has 0 unspecified atom stereocenters. The van der Waals surface area contributed by atoms with Crippen molar-refractivity contribution in [3.8, 4) is 5.75 Å². The van der Waals surface area contributed by atoms with E-state index in [0.717, 1.165) is 30.3 Å². The standard InChI is InChI=1S/C17H16F2N2O6S2/c1-2-10-28(23,24)15-11(6-5-8-13(15)27-17(18)19)16(22)21-12-7-3-4-9-14(12)29(20,25)26/h2-9,17H,1,10H2,(H,21,22)(H2,20,25,26). The fourth-order valence-corrected chi connectivity index (χ4v) is 4.54. The van der Waals surface area contributed by atoms with Crippen LogP contribution in [0.25, 0.3) is 0 Å². The molecule has 0 heterocycles. The zero-order chi connectivity index (χ0) is 21.8. The van der Waals surface area contributed by atoms with Crippen molar-refractivity contribution in [1.82, 2.24) is 0 Å². The van der Waals surface area contributed by atoms with Gasteiger partial charge in [0.25, 0.3) is 5.91 Å². The predicted molar refractivity (Wildman–Crippen MR) is 101 cm³/mol. The van der Waals surface area contributed by atoms with Crippen LogP contribution in [0, 0.1) is 0 Å². The number of anilines is 1. The Hall–Kier alpha value is -2.83. The van der Waals surface area contributed by atoms with E-state index in [1.807, 2.05) is 0 Å². The molecule has 0 atom stereocenters. The molecule has 0 aliphatic heterocycles. The summed E-state index contributed by atoms with van der Waals surface area (Å²) in [4.78, 5) is 11.5. The number of carbonyl (C=O) groups is 1. The molecule has 0 aromatic heterocycles. The number of ether oxygens (including phenoxy) is 1. The lowest BCUT2D eigenvalue weighted by atomic mass is 10.2. The summed E-state index contributed by atoms with van der Waals surface area (Å²) in [5, 5.41) is 7.34. The Kier molecular flexibility index (Phi) is 6.72. The summed E-state index contributed by atoms with van der Waals surface area (Å²) < 4.78 is 78.1. The van der Waals surface area contributed by atoms with Gasteiger partial charge in [0.1, 0.15) is 15.5 Å². The molecule has 0 aliphatic carbocycles. The average molecular weight is 446 g/mol. The molecule has 12 heteroatoms. The predicted octanol–water partition coefficient (Wildman–Crippen LogP) is 2.15. The zero-order valence-corrected chi connectivity index (χ0v) is 16.3. The normalized spacial score (nSPS) is 11.9. The first-order valence-corrected chi connectivity index (χ1v) is 11.0. The minimum absolute atomic E-state index is 0.216. The molecule has 0 fully saturated rings. The summed E-state index contributed by atoms with van der Waals surface area (Å²) in [6.07, 6.45) is 1.02. The van der Waals surface area contributed by atoms with Gasteiger partial charge < -0.3 is 10.1 Å². The van der Waals surface area contributed by atoms with E-state index in [2.05, 4.69) is 16.6 Å². The smallest absolute Gasteiger partial charge is 0.387 e. The van der Waals surface area contributed by atoms with E-state index in [9.17, 15) is 30.4 Å².